The van der Waals surface area contributed by atoms with Crippen LogP contribution in [0.5, 0.6) is 0 Å². The van der Waals surface area contributed by atoms with Crippen molar-refractivity contribution in [3.8, 4) is 0 Å². The van der Waals surface area contributed by atoms with Gasteiger partial charge >= 0.3 is 0 Å². The zero-order valence-corrected chi connectivity index (χ0v) is 7.81. The van der Waals surface area contributed by atoms with E-state index in [1.807, 2.05) is 12.3 Å². The molecule has 0 amide bonds. The number of hydrogen-bond acceptors (Lipinski definition) is 1. The summed E-state index contributed by atoms with van der Waals surface area (Å²) in [6.07, 6.45) is 3.67. The minimum Gasteiger partial charge on any atom is -0.357 e. The molecule has 1 N–H and O–H groups in total. The topological polar surface area (TPSA) is 28.1 Å². The average Bonchev–Trinajstić information content (AvgIpc) is 2.29. The molecule has 0 saturated heterocycles. The van der Waals surface area contributed by atoms with E-state index in [4.69, 9.17) is 0 Å². The van der Waals surface area contributed by atoms with Crippen molar-refractivity contribution in [2.24, 2.45) is 4.99 Å². The Morgan fingerprint density at radius 3 is 2.58 bits per heavy atom. The molecule has 12 heavy (non-hydrogen) atoms. The molecule has 0 aliphatic rings. The van der Waals surface area contributed by atoms with E-state index in [-0.39, 0.29) is 0 Å². The summed E-state index contributed by atoms with van der Waals surface area (Å²) in [7, 11) is 1.76. The molecule has 0 spiro atoms. The van der Waals surface area contributed by atoms with E-state index in [0.29, 0.717) is 0 Å². The SMILES string of the molecule is C=Cc1c(C=NC)[nH]c(C)c1C. The molecule has 0 aliphatic carbocycles. The lowest BCUT2D eigenvalue weighted by Gasteiger charge is -1.91. The summed E-state index contributed by atoms with van der Waals surface area (Å²) in [5.41, 5.74) is 4.63. The molecule has 2 nitrogen and oxygen atoms in total. The van der Waals surface area contributed by atoms with Gasteiger partial charge in [-0.05, 0) is 19.4 Å². The summed E-state index contributed by atoms with van der Waals surface area (Å²) >= 11 is 0. The van der Waals surface area contributed by atoms with Gasteiger partial charge in [0, 0.05) is 24.5 Å². The van der Waals surface area contributed by atoms with Crippen LogP contribution in [0.15, 0.2) is 11.6 Å². The van der Waals surface area contributed by atoms with Crippen LogP contribution < -0.4 is 0 Å². The number of nitrogens with one attached hydrogen (secondary N) is 1. The van der Waals surface area contributed by atoms with Crippen molar-refractivity contribution in [3.05, 3.63) is 29.1 Å². The lowest BCUT2D eigenvalue weighted by Crippen LogP contribution is -1.83. The number of nitrogens with zero attached hydrogens (tertiary/aromatic N) is 1. The van der Waals surface area contributed by atoms with Crippen LogP contribution in [0.2, 0.25) is 0 Å². The first-order valence-corrected chi connectivity index (χ1v) is 3.94. The summed E-state index contributed by atoms with van der Waals surface area (Å²) in [6.45, 7) is 7.90. The zero-order valence-electron chi connectivity index (χ0n) is 7.81. The van der Waals surface area contributed by atoms with Gasteiger partial charge < -0.3 is 4.98 Å². The first-order valence-electron chi connectivity index (χ1n) is 3.94. The molecule has 64 valence electrons. The van der Waals surface area contributed by atoms with Gasteiger partial charge in [-0.1, -0.05) is 12.7 Å². The minimum atomic E-state index is 1.04. The van der Waals surface area contributed by atoms with Crippen LogP contribution in [-0.2, 0) is 0 Å². The third kappa shape index (κ3) is 1.33. The maximum atomic E-state index is 3.96. The molecule has 1 aromatic heterocycles. The van der Waals surface area contributed by atoms with Gasteiger partial charge in [-0.3, -0.25) is 4.99 Å². The smallest absolute Gasteiger partial charge is 0.0639 e. The molecule has 1 aromatic rings. The van der Waals surface area contributed by atoms with Gasteiger partial charge in [0.25, 0.3) is 0 Å². The maximum Gasteiger partial charge on any atom is 0.0639 e. The fourth-order valence-corrected chi connectivity index (χ4v) is 1.26. The second kappa shape index (κ2) is 3.39. The largest absolute Gasteiger partial charge is 0.357 e. The number of aromatic nitrogens is 1. The van der Waals surface area contributed by atoms with Crippen LogP contribution in [-0.4, -0.2) is 18.2 Å². The Labute approximate surface area is 73.0 Å². The summed E-state index contributed by atoms with van der Waals surface area (Å²) in [6, 6.07) is 0. The van der Waals surface area contributed by atoms with Gasteiger partial charge in [0.1, 0.15) is 0 Å². The van der Waals surface area contributed by atoms with E-state index in [2.05, 4.69) is 30.4 Å². The fourth-order valence-electron chi connectivity index (χ4n) is 1.26. The second-order valence-electron chi connectivity index (χ2n) is 2.79. The normalized spacial score (nSPS) is 10.9. The third-order valence-electron chi connectivity index (χ3n) is 2.04. The molecule has 1 heterocycles. The van der Waals surface area contributed by atoms with E-state index in [1.54, 1.807) is 7.05 Å². The Hall–Kier alpha value is -1.31. The second-order valence-corrected chi connectivity index (χ2v) is 2.79. The van der Waals surface area contributed by atoms with E-state index in [9.17, 15) is 0 Å². The van der Waals surface area contributed by atoms with E-state index in [0.717, 1.165) is 11.3 Å². The predicted molar refractivity (Wildman–Crippen MR) is 53.9 cm³/mol. The monoisotopic (exact) mass is 162 g/mol. The molecule has 0 radical (unpaired) electrons. The molecule has 0 bridgehead atoms. The molecule has 0 aliphatic heterocycles. The van der Waals surface area contributed by atoms with Crippen LogP contribution in [0, 0.1) is 13.8 Å². The molecule has 0 fully saturated rings. The van der Waals surface area contributed by atoms with E-state index in [1.165, 1.54) is 11.3 Å². The molecule has 2 heteroatoms. The summed E-state index contributed by atoms with van der Waals surface area (Å²) in [4.78, 5) is 7.21. The van der Waals surface area contributed by atoms with Crippen LogP contribution in [0.3, 0.4) is 0 Å². The van der Waals surface area contributed by atoms with Crippen molar-refractivity contribution < 1.29 is 0 Å². The summed E-state index contributed by atoms with van der Waals surface area (Å²) in [5.74, 6) is 0. The molecular weight excluding hydrogens is 148 g/mol. The van der Waals surface area contributed by atoms with Crippen molar-refractivity contribution in [1.82, 2.24) is 4.98 Å². The number of hydrogen-bond donors (Lipinski definition) is 1. The zero-order chi connectivity index (χ0) is 9.14. The van der Waals surface area contributed by atoms with Gasteiger partial charge in [-0.2, -0.15) is 0 Å². The maximum absolute atomic E-state index is 3.96. The lowest BCUT2D eigenvalue weighted by atomic mass is 10.1. The van der Waals surface area contributed by atoms with Crippen LogP contribution in [0.25, 0.3) is 6.08 Å². The van der Waals surface area contributed by atoms with Crippen LogP contribution >= 0.6 is 0 Å². The highest BCUT2D eigenvalue weighted by Crippen LogP contribution is 2.17. The minimum absolute atomic E-state index is 1.04. The summed E-state index contributed by atoms with van der Waals surface area (Å²) in [5, 5.41) is 0. The summed E-state index contributed by atoms with van der Waals surface area (Å²) < 4.78 is 0. The van der Waals surface area contributed by atoms with Crippen molar-refractivity contribution in [3.63, 3.8) is 0 Å². The number of aryl methyl sites for hydroxylation is 1. The molecule has 0 unspecified atom stereocenters. The molecule has 0 saturated carbocycles. The van der Waals surface area contributed by atoms with Crippen molar-refractivity contribution in [2.75, 3.05) is 7.05 Å². The highest BCUT2D eigenvalue weighted by Gasteiger charge is 2.05. The van der Waals surface area contributed by atoms with Crippen LogP contribution in [0.1, 0.15) is 22.5 Å². The fraction of sp³-hybridized carbons (Fsp3) is 0.300. The van der Waals surface area contributed by atoms with E-state index >= 15 is 0 Å². The number of aromatic amines is 1. The van der Waals surface area contributed by atoms with Gasteiger partial charge in [0.15, 0.2) is 0 Å². The Morgan fingerprint density at radius 1 is 1.42 bits per heavy atom. The first-order chi connectivity index (χ1) is 5.70. The highest BCUT2D eigenvalue weighted by molar-refractivity contribution is 5.84. The Kier molecular flexibility index (Phi) is 2.48. The third-order valence-corrected chi connectivity index (χ3v) is 2.04. The van der Waals surface area contributed by atoms with Crippen molar-refractivity contribution in [2.45, 2.75) is 13.8 Å². The highest BCUT2D eigenvalue weighted by atomic mass is 14.8. The standard InChI is InChI=1S/C10H14N2/c1-5-9-7(2)8(3)12-10(9)6-11-4/h5-6,12H,1H2,2-4H3. The average molecular weight is 162 g/mol. The molecule has 0 aromatic carbocycles. The Bertz CT molecular complexity index is 319. The molecule has 0 atom stereocenters. The number of rotatable bonds is 2. The van der Waals surface area contributed by atoms with Crippen molar-refractivity contribution in [1.29, 1.82) is 0 Å². The Balaban J connectivity index is 3.28. The van der Waals surface area contributed by atoms with Gasteiger partial charge in [-0.25, -0.2) is 0 Å². The van der Waals surface area contributed by atoms with Gasteiger partial charge in [0.05, 0.1) is 5.69 Å². The lowest BCUT2D eigenvalue weighted by molar-refractivity contribution is 1.22. The van der Waals surface area contributed by atoms with Crippen molar-refractivity contribution >= 4 is 12.3 Å². The quantitative estimate of drug-likeness (QED) is 0.646. The van der Waals surface area contributed by atoms with E-state index < -0.39 is 0 Å². The van der Waals surface area contributed by atoms with Gasteiger partial charge in [-0.15, -0.1) is 0 Å². The molecule has 1 rings (SSSR count). The van der Waals surface area contributed by atoms with Gasteiger partial charge in [0.2, 0.25) is 0 Å². The first kappa shape index (κ1) is 8.78. The predicted octanol–water partition coefficient (Wildman–Crippen LogP) is 2.32. The number of H-pyrrole nitrogens is 1. The van der Waals surface area contributed by atoms with Crippen LogP contribution in [0.4, 0.5) is 0 Å². The molecular formula is C10H14N2. The Morgan fingerprint density at radius 2 is 2.08 bits per heavy atom. The number of aliphatic imine (C=N–C) groups is 1.